The van der Waals surface area contributed by atoms with Gasteiger partial charge >= 0.3 is 0 Å². The highest BCUT2D eigenvalue weighted by molar-refractivity contribution is 5.61. The molecule has 0 aliphatic rings. The first kappa shape index (κ1) is 31.5. The molecule has 1 nitrogen and oxygen atoms in total. The van der Waals surface area contributed by atoms with Gasteiger partial charge in [-0.15, -0.1) is 0 Å². The summed E-state index contributed by atoms with van der Waals surface area (Å²) >= 11 is 0. The van der Waals surface area contributed by atoms with Crippen LogP contribution in [0.3, 0.4) is 0 Å². The van der Waals surface area contributed by atoms with E-state index < -0.39 is 0 Å². The molecule has 0 aromatic heterocycles. The monoisotopic (exact) mass is 505 g/mol. The minimum Gasteiger partial charge on any atom is -0.356 e. The number of rotatable bonds is 23. The van der Waals surface area contributed by atoms with Crippen LogP contribution in [-0.4, -0.2) is 0 Å². The van der Waals surface area contributed by atoms with E-state index in [1.165, 1.54) is 163 Å². The Morgan fingerprint density at radius 3 is 1.19 bits per heavy atom. The van der Waals surface area contributed by atoms with Crippen molar-refractivity contribution in [1.29, 1.82) is 0 Å². The van der Waals surface area contributed by atoms with E-state index in [2.05, 4.69) is 68.6 Å². The zero-order chi connectivity index (χ0) is 26.4. The van der Waals surface area contributed by atoms with Crippen LogP contribution < -0.4 is 5.32 Å². The average Bonchev–Trinajstić information content (AvgIpc) is 2.91. The molecule has 37 heavy (non-hydrogen) atoms. The molecule has 0 fully saturated rings. The first-order valence-corrected chi connectivity index (χ1v) is 16.2. The maximum Gasteiger partial charge on any atom is 0.0389 e. The van der Waals surface area contributed by atoms with Crippen molar-refractivity contribution < 1.29 is 0 Å². The molecule has 1 N–H and O–H groups in total. The van der Waals surface area contributed by atoms with Crippen LogP contribution in [0.1, 0.15) is 153 Å². The van der Waals surface area contributed by atoms with E-state index in [4.69, 9.17) is 0 Å². The zero-order valence-corrected chi connectivity index (χ0v) is 24.9. The molecule has 0 atom stereocenters. The highest BCUT2D eigenvalue weighted by atomic mass is 14.9. The predicted octanol–water partition coefficient (Wildman–Crippen LogP) is 12.1. The van der Waals surface area contributed by atoms with Crippen LogP contribution in [0.25, 0.3) is 0 Å². The molecule has 0 aliphatic carbocycles. The Balaban J connectivity index is 1.90. The SMILES string of the molecule is CCCCCCCCc1ccc(Nc2cc(CCCCCCCC)cc(CCCCCCCC)c2)cc1. The van der Waals surface area contributed by atoms with Gasteiger partial charge in [0.1, 0.15) is 0 Å². The van der Waals surface area contributed by atoms with Crippen LogP contribution in [-0.2, 0) is 19.3 Å². The summed E-state index contributed by atoms with van der Waals surface area (Å²) in [6, 6.07) is 16.5. The molecule has 0 amide bonds. The number of nitrogens with one attached hydrogen (secondary N) is 1. The van der Waals surface area contributed by atoms with Crippen molar-refractivity contribution in [3.63, 3.8) is 0 Å². The van der Waals surface area contributed by atoms with E-state index in [9.17, 15) is 0 Å². The normalized spacial score (nSPS) is 11.2. The van der Waals surface area contributed by atoms with Crippen molar-refractivity contribution in [2.75, 3.05) is 5.32 Å². The summed E-state index contributed by atoms with van der Waals surface area (Å²) in [7, 11) is 0. The summed E-state index contributed by atoms with van der Waals surface area (Å²) in [6.45, 7) is 6.89. The standard InChI is InChI=1S/C36H59N/c1-4-7-10-13-16-19-22-32-25-27-35(28-26-32)37-36-30-33(23-20-17-14-11-8-5-2)29-34(31-36)24-21-18-15-12-9-6-3/h25-31,37H,4-24H2,1-3H3. The van der Waals surface area contributed by atoms with Gasteiger partial charge in [0, 0.05) is 11.4 Å². The lowest BCUT2D eigenvalue weighted by molar-refractivity contribution is 0.605. The number of unbranched alkanes of at least 4 members (excludes halogenated alkanes) is 15. The molecular weight excluding hydrogens is 446 g/mol. The van der Waals surface area contributed by atoms with Gasteiger partial charge in [0.2, 0.25) is 0 Å². The van der Waals surface area contributed by atoms with Crippen LogP contribution in [0.15, 0.2) is 42.5 Å². The van der Waals surface area contributed by atoms with Gasteiger partial charge in [-0.3, -0.25) is 0 Å². The maximum atomic E-state index is 3.74. The molecule has 0 spiro atoms. The highest BCUT2D eigenvalue weighted by Crippen LogP contribution is 2.24. The van der Waals surface area contributed by atoms with Crippen LogP contribution in [0.5, 0.6) is 0 Å². The molecule has 0 heterocycles. The summed E-state index contributed by atoms with van der Waals surface area (Å²) in [5.74, 6) is 0. The molecule has 2 aromatic rings. The van der Waals surface area contributed by atoms with Gasteiger partial charge in [-0.1, -0.05) is 135 Å². The van der Waals surface area contributed by atoms with Crippen molar-refractivity contribution in [1.82, 2.24) is 0 Å². The maximum absolute atomic E-state index is 3.74. The van der Waals surface area contributed by atoms with Crippen molar-refractivity contribution in [2.24, 2.45) is 0 Å². The zero-order valence-electron chi connectivity index (χ0n) is 24.9. The Morgan fingerprint density at radius 2 is 0.757 bits per heavy atom. The number of aryl methyl sites for hydroxylation is 3. The smallest absolute Gasteiger partial charge is 0.0389 e. The lowest BCUT2D eigenvalue weighted by Crippen LogP contribution is -1.97. The molecule has 208 valence electrons. The van der Waals surface area contributed by atoms with Gasteiger partial charge in [-0.05, 0) is 79.5 Å². The van der Waals surface area contributed by atoms with Gasteiger partial charge in [0.05, 0.1) is 0 Å². The Hall–Kier alpha value is -1.76. The second kappa shape index (κ2) is 21.2. The quantitative estimate of drug-likeness (QED) is 0.148. The predicted molar refractivity (Wildman–Crippen MR) is 167 cm³/mol. The van der Waals surface area contributed by atoms with E-state index in [0.29, 0.717) is 0 Å². The Labute approximate surface area is 231 Å². The Kier molecular flexibility index (Phi) is 18.0. The van der Waals surface area contributed by atoms with E-state index >= 15 is 0 Å². The van der Waals surface area contributed by atoms with Gasteiger partial charge in [-0.25, -0.2) is 0 Å². The molecule has 2 aromatic carbocycles. The highest BCUT2D eigenvalue weighted by Gasteiger charge is 2.04. The Morgan fingerprint density at radius 1 is 0.378 bits per heavy atom. The third-order valence-corrected chi connectivity index (χ3v) is 7.75. The van der Waals surface area contributed by atoms with E-state index in [0.717, 1.165) is 0 Å². The van der Waals surface area contributed by atoms with Crippen LogP contribution in [0, 0.1) is 0 Å². The van der Waals surface area contributed by atoms with Crippen molar-refractivity contribution in [3.8, 4) is 0 Å². The van der Waals surface area contributed by atoms with E-state index in [1.54, 1.807) is 0 Å². The molecule has 0 saturated carbocycles. The Bertz CT molecular complexity index is 757. The molecule has 0 saturated heterocycles. The number of benzene rings is 2. The third-order valence-electron chi connectivity index (χ3n) is 7.75. The topological polar surface area (TPSA) is 12.0 Å². The number of hydrogen-bond acceptors (Lipinski definition) is 1. The van der Waals surface area contributed by atoms with Crippen molar-refractivity contribution in [3.05, 3.63) is 59.2 Å². The lowest BCUT2D eigenvalue weighted by atomic mass is 9.99. The summed E-state index contributed by atoms with van der Waals surface area (Å²) in [5.41, 5.74) is 6.99. The van der Waals surface area contributed by atoms with Gasteiger partial charge < -0.3 is 5.32 Å². The molecule has 0 aliphatic heterocycles. The molecular formula is C36H59N. The minimum atomic E-state index is 1.21. The van der Waals surface area contributed by atoms with Crippen LogP contribution in [0.4, 0.5) is 11.4 Å². The molecule has 0 bridgehead atoms. The molecule has 0 radical (unpaired) electrons. The fraction of sp³-hybridized carbons (Fsp3) is 0.667. The summed E-state index contributed by atoms with van der Waals surface area (Å²) in [4.78, 5) is 0. The number of anilines is 2. The van der Waals surface area contributed by atoms with Crippen LogP contribution in [0.2, 0.25) is 0 Å². The van der Waals surface area contributed by atoms with Crippen molar-refractivity contribution in [2.45, 2.75) is 156 Å². The largest absolute Gasteiger partial charge is 0.356 e. The fourth-order valence-corrected chi connectivity index (χ4v) is 5.37. The molecule has 1 heteroatoms. The van der Waals surface area contributed by atoms with Gasteiger partial charge in [0.15, 0.2) is 0 Å². The summed E-state index contributed by atoms with van der Waals surface area (Å²) in [5, 5.41) is 3.74. The average molecular weight is 506 g/mol. The first-order chi connectivity index (χ1) is 18.2. The summed E-state index contributed by atoms with van der Waals surface area (Å²) in [6.07, 6.45) is 28.2. The van der Waals surface area contributed by atoms with Crippen molar-refractivity contribution >= 4 is 11.4 Å². The second-order valence-electron chi connectivity index (χ2n) is 11.4. The van der Waals surface area contributed by atoms with E-state index in [1.807, 2.05) is 0 Å². The number of hydrogen-bond donors (Lipinski definition) is 1. The fourth-order valence-electron chi connectivity index (χ4n) is 5.37. The lowest BCUT2D eigenvalue weighted by Gasteiger charge is -2.13. The van der Waals surface area contributed by atoms with Crippen LogP contribution >= 0.6 is 0 Å². The second-order valence-corrected chi connectivity index (χ2v) is 11.4. The first-order valence-electron chi connectivity index (χ1n) is 16.2. The molecule has 2 rings (SSSR count). The minimum absolute atomic E-state index is 1.21. The van der Waals surface area contributed by atoms with E-state index in [-0.39, 0.29) is 0 Å². The third kappa shape index (κ3) is 15.3. The van der Waals surface area contributed by atoms with Gasteiger partial charge in [-0.2, -0.15) is 0 Å². The summed E-state index contributed by atoms with van der Waals surface area (Å²) < 4.78 is 0. The molecule has 0 unspecified atom stereocenters. The van der Waals surface area contributed by atoms with Gasteiger partial charge in [0.25, 0.3) is 0 Å².